The molecule has 1 saturated heterocycles. The molecule has 17 heavy (non-hydrogen) atoms. The Hall–Kier alpha value is -1.29. The van der Waals surface area contributed by atoms with E-state index in [2.05, 4.69) is 12.2 Å². The van der Waals surface area contributed by atoms with Crippen molar-refractivity contribution in [1.82, 2.24) is 4.90 Å². The molecule has 2 fully saturated rings. The molecular formula is C13H17NO3. The minimum Gasteiger partial charge on any atom is -0.450 e. The lowest BCUT2D eigenvalue weighted by atomic mass is 9.99. The van der Waals surface area contributed by atoms with Gasteiger partial charge in [0.2, 0.25) is 0 Å². The monoisotopic (exact) mass is 235 g/mol. The van der Waals surface area contributed by atoms with Gasteiger partial charge in [0.1, 0.15) is 12.2 Å². The molecule has 0 aromatic carbocycles. The van der Waals surface area contributed by atoms with E-state index in [1.54, 1.807) is 0 Å². The molecule has 0 aromatic rings. The highest BCUT2D eigenvalue weighted by Crippen LogP contribution is 2.49. The molecule has 4 heteroatoms. The van der Waals surface area contributed by atoms with E-state index in [4.69, 9.17) is 9.47 Å². The Kier molecular flexibility index (Phi) is 2.47. The van der Waals surface area contributed by atoms with Crippen molar-refractivity contribution in [1.29, 1.82) is 0 Å². The molecule has 2 aliphatic heterocycles. The van der Waals surface area contributed by atoms with E-state index in [1.165, 1.54) is 11.1 Å². The predicted octanol–water partition coefficient (Wildman–Crippen LogP) is 1.87. The summed E-state index contributed by atoms with van der Waals surface area (Å²) in [6.07, 6.45) is 5.41. The maximum atomic E-state index is 11.9. The third-order valence-corrected chi connectivity index (χ3v) is 3.68. The van der Waals surface area contributed by atoms with Gasteiger partial charge in [0, 0.05) is 6.54 Å². The van der Waals surface area contributed by atoms with Crippen molar-refractivity contribution in [3.63, 3.8) is 0 Å². The molecule has 0 spiro atoms. The summed E-state index contributed by atoms with van der Waals surface area (Å²) < 4.78 is 10.7. The second kappa shape index (κ2) is 3.88. The molecule has 0 bridgehead atoms. The van der Waals surface area contributed by atoms with Crippen LogP contribution in [0.3, 0.4) is 0 Å². The van der Waals surface area contributed by atoms with Crippen LogP contribution in [0.1, 0.15) is 20.3 Å². The number of allylic oxidation sites excluding steroid dienone is 1. The minimum absolute atomic E-state index is 0.0824. The number of carbonyl (C=O) groups excluding carboxylic acids is 1. The highest BCUT2D eigenvalue weighted by molar-refractivity contribution is 5.71. The van der Waals surface area contributed by atoms with Gasteiger partial charge in [0.15, 0.2) is 0 Å². The molecule has 0 N–H and O–H groups in total. The summed E-state index contributed by atoms with van der Waals surface area (Å²) in [4.78, 5) is 13.7. The molecule has 3 atom stereocenters. The van der Waals surface area contributed by atoms with Crippen LogP contribution in [0.25, 0.3) is 0 Å². The zero-order valence-corrected chi connectivity index (χ0v) is 10.2. The summed E-state index contributed by atoms with van der Waals surface area (Å²) in [5, 5.41) is 0. The second-order valence-electron chi connectivity index (χ2n) is 4.55. The van der Waals surface area contributed by atoms with Crippen molar-refractivity contribution in [3.05, 3.63) is 23.3 Å². The number of carbonyl (C=O) groups is 1. The molecule has 0 unspecified atom stereocenters. The number of hydrogen-bond donors (Lipinski definition) is 0. The summed E-state index contributed by atoms with van der Waals surface area (Å²) in [6, 6.07) is 0.0824. The van der Waals surface area contributed by atoms with Crippen molar-refractivity contribution in [2.24, 2.45) is 0 Å². The van der Waals surface area contributed by atoms with E-state index in [-0.39, 0.29) is 24.3 Å². The van der Waals surface area contributed by atoms with Crippen molar-refractivity contribution in [2.75, 3.05) is 13.2 Å². The Labute approximate surface area is 101 Å². The maximum absolute atomic E-state index is 11.9. The fourth-order valence-electron chi connectivity index (χ4n) is 2.95. The number of nitrogens with zero attached hydrogens (tertiary/aromatic N) is 1. The molecule has 1 aliphatic carbocycles. The maximum Gasteiger partial charge on any atom is 0.410 e. The molecule has 2 heterocycles. The summed E-state index contributed by atoms with van der Waals surface area (Å²) in [5.41, 5.74) is 2.53. The van der Waals surface area contributed by atoms with E-state index >= 15 is 0 Å². The van der Waals surface area contributed by atoms with E-state index in [1.807, 2.05) is 18.7 Å². The van der Waals surface area contributed by atoms with Gasteiger partial charge in [-0.05, 0) is 31.4 Å². The van der Waals surface area contributed by atoms with Crippen LogP contribution < -0.4 is 0 Å². The molecule has 1 amide bonds. The molecule has 3 aliphatic rings. The van der Waals surface area contributed by atoms with Crippen LogP contribution in [0, 0.1) is 0 Å². The third-order valence-electron chi connectivity index (χ3n) is 3.68. The molecule has 4 nitrogen and oxygen atoms in total. The van der Waals surface area contributed by atoms with Crippen molar-refractivity contribution >= 4 is 6.09 Å². The Bertz CT molecular complexity index is 413. The number of fused-ring (bicyclic) bond motifs is 3. The fourth-order valence-corrected chi connectivity index (χ4v) is 2.95. The first kappa shape index (κ1) is 10.8. The van der Waals surface area contributed by atoms with E-state index in [0.29, 0.717) is 6.61 Å². The van der Waals surface area contributed by atoms with Gasteiger partial charge < -0.3 is 9.47 Å². The first-order chi connectivity index (χ1) is 8.27. The first-order valence-corrected chi connectivity index (χ1v) is 6.23. The van der Waals surface area contributed by atoms with Gasteiger partial charge in [0.25, 0.3) is 0 Å². The highest BCUT2D eigenvalue weighted by atomic mass is 16.6. The predicted molar refractivity (Wildman–Crippen MR) is 62.6 cm³/mol. The Morgan fingerprint density at radius 2 is 2.53 bits per heavy atom. The lowest BCUT2D eigenvalue weighted by molar-refractivity contribution is 0.0880. The number of ether oxygens (including phenoxy) is 2. The molecule has 0 radical (unpaired) electrons. The van der Waals surface area contributed by atoms with Crippen LogP contribution in [0.15, 0.2) is 23.3 Å². The van der Waals surface area contributed by atoms with Crippen molar-refractivity contribution in [2.45, 2.75) is 38.5 Å². The second-order valence-corrected chi connectivity index (χ2v) is 4.55. The van der Waals surface area contributed by atoms with Gasteiger partial charge in [-0.25, -0.2) is 4.79 Å². The van der Waals surface area contributed by atoms with Crippen LogP contribution >= 0.6 is 0 Å². The standard InChI is InChI=1S/C13H17NO3/c1-3-8-9-6-5-7-14(13(15)16-4-2)10(9)12-11(8)17-12/h3,6,10-12H,4-5,7H2,1-2H3/b8-3-/t10-,11+,12-/m0/s1. The van der Waals surface area contributed by atoms with Crippen molar-refractivity contribution in [3.8, 4) is 0 Å². The van der Waals surface area contributed by atoms with Crippen molar-refractivity contribution < 1.29 is 14.3 Å². The van der Waals surface area contributed by atoms with Crippen LogP contribution in [0.5, 0.6) is 0 Å². The van der Waals surface area contributed by atoms with Gasteiger partial charge in [-0.2, -0.15) is 0 Å². The molecule has 92 valence electrons. The fraction of sp³-hybridized carbons (Fsp3) is 0.615. The molecule has 3 rings (SSSR count). The van der Waals surface area contributed by atoms with Crippen LogP contribution in [-0.2, 0) is 9.47 Å². The lowest BCUT2D eigenvalue weighted by Gasteiger charge is -2.33. The molecular weight excluding hydrogens is 218 g/mol. The average molecular weight is 235 g/mol. The largest absolute Gasteiger partial charge is 0.450 e. The Morgan fingerprint density at radius 1 is 1.71 bits per heavy atom. The van der Waals surface area contributed by atoms with Gasteiger partial charge in [-0.3, -0.25) is 4.90 Å². The summed E-state index contributed by atoms with van der Waals surface area (Å²) in [7, 11) is 0. The smallest absolute Gasteiger partial charge is 0.410 e. The summed E-state index contributed by atoms with van der Waals surface area (Å²) >= 11 is 0. The Balaban J connectivity index is 1.87. The zero-order chi connectivity index (χ0) is 12.0. The van der Waals surface area contributed by atoms with E-state index in [0.717, 1.165) is 13.0 Å². The van der Waals surface area contributed by atoms with Crippen LogP contribution in [0.4, 0.5) is 4.79 Å². The van der Waals surface area contributed by atoms with Crippen LogP contribution in [-0.4, -0.2) is 42.4 Å². The van der Waals surface area contributed by atoms with E-state index in [9.17, 15) is 4.79 Å². The molecule has 0 aromatic heterocycles. The number of rotatable bonds is 1. The van der Waals surface area contributed by atoms with Gasteiger partial charge in [-0.1, -0.05) is 12.2 Å². The van der Waals surface area contributed by atoms with E-state index < -0.39 is 0 Å². The lowest BCUT2D eigenvalue weighted by Crippen LogP contribution is -2.46. The summed E-state index contributed by atoms with van der Waals surface area (Å²) in [5.74, 6) is 0. The third kappa shape index (κ3) is 1.51. The number of epoxide rings is 1. The number of amides is 1. The highest BCUT2D eigenvalue weighted by Gasteiger charge is 2.59. The zero-order valence-electron chi connectivity index (χ0n) is 10.2. The normalized spacial score (nSPS) is 36.4. The average Bonchev–Trinajstić information content (AvgIpc) is 3.05. The quantitative estimate of drug-likeness (QED) is 0.651. The minimum atomic E-state index is -0.213. The number of hydrogen-bond acceptors (Lipinski definition) is 3. The van der Waals surface area contributed by atoms with Gasteiger partial charge in [-0.15, -0.1) is 0 Å². The first-order valence-electron chi connectivity index (χ1n) is 6.23. The van der Waals surface area contributed by atoms with Crippen LogP contribution in [0.2, 0.25) is 0 Å². The Morgan fingerprint density at radius 3 is 3.24 bits per heavy atom. The van der Waals surface area contributed by atoms with Gasteiger partial charge in [0.05, 0.1) is 12.6 Å². The SMILES string of the molecule is C/C=C1/C2=CCCN(C(=O)OCC)[C@@H]2[C@@H]2O[C@H]12. The summed E-state index contributed by atoms with van der Waals surface area (Å²) in [6.45, 7) is 5.02. The van der Waals surface area contributed by atoms with Gasteiger partial charge >= 0.3 is 6.09 Å². The topological polar surface area (TPSA) is 42.1 Å². The molecule has 1 saturated carbocycles.